The standard InChI is InChI=1S/C46H28/c1-3-13-29(14-4-1)34-25-26-41-44-35(34)21-11-22-37(44)39-23-12-24-40-43(36-19-9-10-20-38(36)46(41)45(39)40)32-27-31-17-7-8-18-33(31)42(28-32)30-15-5-2-6-16-30/h1-28H. The monoisotopic (exact) mass is 580 g/mol. The summed E-state index contributed by atoms with van der Waals surface area (Å²) in [5, 5.41) is 15.7. The van der Waals surface area contributed by atoms with Crippen LogP contribution in [0.2, 0.25) is 0 Å². The van der Waals surface area contributed by atoms with Gasteiger partial charge in [-0.1, -0.05) is 158 Å². The first-order chi connectivity index (χ1) is 22.8. The highest BCUT2D eigenvalue weighted by atomic mass is 14.2. The quantitative estimate of drug-likeness (QED) is 0.144. The number of hydrogen-bond acceptors (Lipinski definition) is 0. The van der Waals surface area contributed by atoms with Gasteiger partial charge in [0.05, 0.1) is 0 Å². The Morgan fingerprint density at radius 3 is 1.52 bits per heavy atom. The van der Waals surface area contributed by atoms with Crippen LogP contribution in [0.5, 0.6) is 0 Å². The Morgan fingerprint density at radius 1 is 0.239 bits per heavy atom. The molecule has 0 radical (unpaired) electrons. The predicted molar refractivity (Wildman–Crippen MR) is 199 cm³/mol. The van der Waals surface area contributed by atoms with Crippen molar-refractivity contribution < 1.29 is 0 Å². The molecule has 0 fully saturated rings. The molecule has 0 heterocycles. The minimum absolute atomic E-state index is 1.24. The van der Waals surface area contributed by atoms with Crippen molar-refractivity contribution in [2.45, 2.75) is 0 Å². The third kappa shape index (κ3) is 3.56. The highest BCUT2D eigenvalue weighted by Crippen LogP contribution is 2.49. The molecule has 0 unspecified atom stereocenters. The molecule has 0 saturated carbocycles. The number of rotatable bonds is 3. The van der Waals surface area contributed by atoms with Gasteiger partial charge in [0, 0.05) is 0 Å². The summed E-state index contributed by atoms with van der Waals surface area (Å²) in [7, 11) is 0. The van der Waals surface area contributed by atoms with Crippen molar-refractivity contribution in [3.63, 3.8) is 0 Å². The van der Waals surface area contributed by atoms with Crippen LogP contribution < -0.4 is 0 Å². The van der Waals surface area contributed by atoms with Crippen LogP contribution in [0.15, 0.2) is 170 Å². The van der Waals surface area contributed by atoms with E-state index in [4.69, 9.17) is 0 Å². The SMILES string of the molecule is c1ccc(-c2cc(-c3c4ccccc4c4c5ccc(-c6ccccc6)c6cccc(c7cccc3c74)c65)cc3ccccc23)cc1. The summed E-state index contributed by atoms with van der Waals surface area (Å²) in [5.74, 6) is 0. The summed E-state index contributed by atoms with van der Waals surface area (Å²) in [6.45, 7) is 0. The van der Waals surface area contributed by atoms with Crippen LogP contribution in [-0.4, -0.2) is 0 Å². The van der Waals surface area contributed by atoms with E-state index in [1.165, 1.54) is 98.0 Å². The van der Waals surface area contributed by atoms with Crippen LogP contribution >= 0.6 is 0 Å². The molecule has 10 aromatic carbocycles. The average molecular weight is 581 g/mol. The molecule has 0 heteroatoms. The highest BCUT2D eigenvalue weighted by Gasteiger charge is 2.21. The Balaban J connectivity index is 1.39. The Morgan fingerprint density at radius 2 is 0.761 bits per heavy atom. The first-order valence-corrected chi connectivity index (χ1v) is 16.0. The van der Waals surface area contributed by atoms with Crippen LogP contribution in [0.25, 0.3) is 98.0 Å². The second kappa shape index (κ2) is 9.76. The van der Waals surface area contributed by atoms with Crippen molar-refractivity contribution in [2.24, 2.45) is 0 Å². The molecule has 46 heavy (non-hydrogen) atoms. The summed E-state index contributed by atoms with van der Waals surface area (Å²) in [4.78, 5) is 0. The molecule has 0 aliphatic carbocycles. The van der Waals surface area contributed by atoms with Crippen molar-refractivity contribution in [3.8, 4) is 33.4 Å². The normalized spacial score (nSPS) is 11.9. The molecule has 0 saturated heterocycles. The predicted octanol–water partition coefficient (Wildman–Crippen LogP) is 13.0. The minimum Gasteiger partial charge on any atom is -0.0622 e. The van der Waals surface area contributed by atoms with Gasteiger partial charge in [0.25, 0.3) is 0 Å². The molecule has 0 amide bonds. The highest BCUT2D eigenvalue weighted by molar-refractivity contribution is 6.41. The van der Waals surface area contributed by atoms with Crippen LogP contribution in [0.1, 0.15) is 0 Å². The smallest absolute Gasteiger partial charge is 0.00137 e. The van der Waals surface area contributed by atoms with E-state index in [-0.39, 0.29) is 0 Å². The van der Waals surface area contributed by atoms with Gasteiger partial charge in [0.15, 0.2) is 0 Å². The minimum atomic E-state index is 1.24. The molecule has 0 spiro atoms. The van der Waals surface area contributed by atoms with Crippen LogP contribution in [0.3, 0.4) is 0 Å². The van der Waals surface area contributed by atoms with Gasteiger partial charge in [0.2, 0.25) is 0 Å². The van der Waals surface area contributed by atoms with Gasteiger partial charge in [0.1, 0.15) is 0 Å². The van der Waals surface area contributed by atoms with Gasteiger partial charge in [-0.3, -0.25) is 0 Å². The zero-order chi connectivity index (χ0) is 30.2. The van der Waals surface area contributed by atoms with Crippen molar-refractivity contribution in [2.75, 3.05) is 0 Å². The zero-order valence-corrected chi connectivity index (χ0v) is 25.2. The van der Waals surface area contributed by atoms with Crippen molar-refractivity contribution >= 4 is 64.6 Å². The summed E-state index contributed by atoms with van der Waals surface area (Å²) in [6, 6.07) is 62.7. The van der Waals surface area contributed by atoms with Crippen molar-refractivity contribution in [1.82, 2.24) is 0 Å². The molecule has 0 aromatic heterocycles. The Hall–Kier alpha value is -5.98. The largest absolute Gasteiger partial charge is 0.0622 e. The van der Waals surface area contributed by atoms with Gasteiger partial charge in [-0.2, -0.15) is 0 Å². The summed E-state index contributed by atoms with van der Waals surface area (Å²) in [6.07, 6.45) is 0. The lowest BCUT2D eigenvalue weighted by Crippen LogP contribution is -1.93. The van der Waals surface area contributed by atoms with Gasteiger partial charge >= 0.3 is 0 Å². The molecule has 0 bridgehead atoms. The van der Waals surface area contributed by atoms with Crippen LogP contribution in [-0.2, 0) is 0 Å². The summed E-state index contributed by atoms with van der Waals surface area (Å²) >= 11 is 0. The third-order valence-electron chi connectivity index (χ3n) is 9.97. The van der Waals surface area contributed by atoms with E-state index in [1.807, 2.05) is 0 Å². The first kappa shape index (κ1) is 25.4. The lowest BCUT2D eigenvalue weighted by molar-refractivity contribution is 1.64. The number of fused-ring (bicyclic) bond motifs is 5. The second-order valence-electron chi connectivity index (χ2n) is 12.4. The van der Waals surface area contributed by atoms with E-state index in [2.05, 4.69) is 170 Å². The van der Waals surface area contributed by atoms with E-state index >= 15 is 0 Å². The molecule has 0 atom stereocenters. The Labute approximate surface area is 267 Å². The van der Waals surface area contributed by atoms with Gasteiger partial charge in [-0.25, -0.2) is 0 Å². The Kier molecular flexibility index (Phi) is 5.38. The molecule has 10 aromatic rings. The summed E-state index contributed by atoms with van der Waals surface area (Å²) < 4.78 is 0. The lowest BCUT2D eigenvalue weighted by Gasteiger charge is -2.21. The molecule has 212 valence electrons. The van der Waals surface area contributed by atoms with E-state index in [0.717, 1.165) is 0 Å². The van der Waals surface area contributed by atoms with Crippen molar-refractivity contribution in [1.29, 1.82) is 0 Å². The maximum Gasteiger partial charge on any atom is -0.00137 e. The first-order valence-electron chi connectivity index (χ1n) is 16.0. The second-order valence-corrected chi connectivity index (χ2v) is 12.4. The molecule has 0 N–H and O–H groups in total. The number of benzene rings is 10. The lowest BCUT2D eigenvalue weighted by atomic mass is 9.81. The third-order valence-corrected chi connectivity index (χ3v) is 9.97. The topological polar surface area (TPSA) is 0 Å². The molecule has 0 aliphatic heterocycles. The maximum absolute atomic E-state index is 2.41. The van der Waals surface area contributed by atoms with Gasteiger partial charge in [-0.15, -0.1) is 0 Å². The fraction of sp³-hybridized carbons (Fsp3) is 0. The van der Waals surface area contributed by atoms with Crippen LogP contribution in [0, 0.1) is 0 Å². The van der Waals surface area contributed by atoms with Gasteiger partial charge < -0.3 is 0 Å². The fourth-order valence-corrected chi connectivity index (χ4v) is 8.06. The summed E-state index contributed by atoms with van der Waals surface area (Å²) in [5.41, 5.74) is 7.59. The van der Waals surface area contributed by atoms with E-state index in [9.17, 15) is 0 Å². The molecule has 0 nitrogen and oxygen atoms in total. The zero-order valence-electron chi connectivity index (χ0n) is 25.2. The maximum atomic E-state index is 2.41. The molecule has 0 aliphatic rings. The van der Waals surface area contributed by atoms with Gasteiger partial charge in [-0.05, 0) is 110 Å². The van der Waals surface area contributed by atoms with Crippen LogP contribution in [0.4, 0.5) is 0 Å². The molecule has 10 rings (SSSR count). The average Bonchev–Trinajstić information content (AvgIpc) is 3.13. The van der Waals surface area contributed by atoms with Crippen molar-refractivity contribution in [3.05, 3.63) is 170 Å². The molecular formula is C46H28. The molecular weight excluding hydrogens is 553 g/mol. The van der Waals surface area contributed by atoms with E-state index < -0.39 is 0 Å². The fourth-order valence-electron chi connectivity index (χ4n) is 8.06. The number of hydrogen-bond donors (Lipinski definition) is 0. The van der Waals surface area contributed by atoms with E-state index in [0.29, 0.717) is 0 Å². The Bertz CT molecular complexity index is 2770. The van der Waals surface area contributed by atoms with E-state index in [1.54, 1.807) is 0 Å².